The SMILES string of the molecule is Cc1ccc(C(=O)N2CCn3nc(OCc4ccccc4)cc3C2)cc1C. The van der Waals surface area contributed by atoms with E-state index in [-0.39, 0.29) is 5.91 Å². The van der Waals surface area contributed by atoms with Gasteiger partial charge in [0.05, 0.1) is 18.8 Å². The molecule has 0 bridgehead atoms. The first-order valence-corrected chi connectivity index (χ1v) is 9.20. The molecule has 5 nitrogen and oxygen atoms in total. The number of hydrogen-bond acceptors (Lipinski definition) is 3. The summed E-state index contributed by atoms with van der Waals surface area (Å²) in [5, 5.41) is 4.51. The lowest BCUT2D eigenvalue weighted by Gasteiger charge is -2.27. The average Bonchev–Trinajstić information content (AvgIpc) is 3.11. The minimum absolute atomic E-state index is 0.0669. The normalized spacial score (nSPS) is 13.3. The molecule has 0 fully saturated rings. The number of hydrogen-bond donors (Lipinski definition) is 0. The van der Waals surface area contributed by atoms with Crippen molar-refractivity contribution < 1.29 is 9.53 Å². The summed E-state index contributed by atoms with van der Waals surface area (Å²) in [5.41, 5.74) is 5.19. The molecule has 1 amide bonds. The Morgan fingerprint density at radius 2 is 1.85 bits per heavy atom. The van der Waals surface area contributed by atoms with E-state index in [1.54, 1.807) is 0 Å². The van der Waals surface area contributed by atoms with E-state index in [9.17, 15) is 4.79 Å². The molecule has 0 unspecified atom stereocenters. The number of carbonyl (C=O) groups excluding carboxylic acids is 1. The highest BCUT2D eigenvalue weighted by Gasteiger charge is 2.23. The fraction of sp³-hybridized carbons (Fsp3) is 0.273. The number of aromatic nitrogens is 2. The van der Waals surface area contributed by atoms with Gasteiger partial charge < -0.3 is 9.64 Å². The lowest BCUT2D eigenvalue weighted by atomic mass is 10.1. The Labute approximate surface area is 159 Å². The van der Waals surface area contributed by atoms with Crippen molar-refractivity contribution in [2.75, 3.05) is 6.54 Å². The lowest BCUT2D eigenvalue weighted by molar-refractivity contribution is 0.0706. The molecular weight excluding hydrogens is 338 g/mol. The molecule has 2 heterocycles. The van der Waals surface area contributed by atoms with Crippen LogP contribution in [0.25, 0.3) is 0 Å². The molecule has 0 spiro atoms. The number of amides is 1. The zero-order valence-electron chi connectivity index (χ0n) is 15.7. The minimum Gasteiger partial charge on any atom is -0.472 e. The summed E-state index contributed by atoms with van der Waals surface area (Å²) in [6.07, 6.45) is 0. The van der Waals surface area contributed by atoms with Crippen molar-refractivity contribution in [2.24, 2.45) is 0 Å². The fourth-order valence-corrected chi connectivity index (χ4v) is 3.27. The molecular formula is C22H23N3O2. The number of nitrogens with zero attached hydrogens (tertiary/aromatic N) is 3. The van der Waals surface area contributed by atoms with Crippen LogP contribution < -0.4 is 4.74 Å². The third kappa shape index (κ3) is 3.72. The maximum absolute atomic E-state index is 12.9. The maximum atomic E-state index is 12.9. The predicted octanol–water partition coefficient (Wildman–Crippen LogP) is 3.73. The van der Waals surface area contributed by atoms with E-state index in [0.717, 1.165) is 22.4 Å². The molecule has 1 aliphatic rings. The third-order valence-corrected chi connectivity index (χ3v) is 5.05. The van der Waals surface area contributed by atoms with Crippen LogP contribution in [-0.4, -0.2) is 27.1 Å². The molecule has 3 aromatic rings. The van der Waals surface area contributed by atoms with Crippen molar-refractivity contribution in [1.29, 1.82) is 0 Å². The van der Waals surface area contributed by atoms with Crippen LogP contribution in [0.1, 0.15) is 32.7 Å². The van der Waals surface area contributed by atoms with Crippen molar-refractivity contribution in [2.45, 2.75) is 33.5 Å². The van der Waals surface area contributed by atoms with E-state index in [2.05, 4.69) is 12.0 Å². The molecule has 138 valence electrons. The summed E-state index contributed by atoms with van der Waals surface area (Å²) in [7, 11) is 0. The monoisotopic (exact) mass is 361 g/mol. The molecule has 27 heavy (non-hydrogen) atoms. The maximum Gasteiger partial charge on any atom is 0.254 e. The highest BCUT2D eigenvalue weighted by molar-refractivity contribution is 5.94. The van der Waals surface area contributed by atoms with Gasteiger partial charge in [0.2, 0.25) is 5.88 Å². The van der Waals surface area contributed by atoms with Gasteiger partial charge >= 0.3 is 0 Å². The lowest BCUT2D eigenvalue weighted by Crippen LogP contribution is -2.38. The van der Waals surface area contributed by atoms with Crippen LogP contribution in [0.5, 0.6) is 5.88 Å². The summed E-state index contributed by atoms with van der Waals surface area (Å²) in [6, 6.07) is 17.8. The van der Waals surface area contributed by atoms with Crippen molar-refractivity contribution in [1.82, 2.24) is 14.7 Å². The molecule has 0 saturated carbocycles. The number of benzene rings is 2. The minimum atomic E-state index is 0.0669. The van der Waals surface area contributed by atoms with Crippen LogP contribution in [0.2, 0.25) is 0 Å². The molecule has 4 rings (SSSR count). The van der Waals surface area contributed by atoms with Crippen molar-refractivity contribution in [3.63, 3.8) is 0 Å². The van der Waals surface area contributed by atoms with Gasteiger partial charge in [-0.05, 0) is 42.7 Å². The van der Waals surface area contributed by atoms with Gasteiger partial charge in [0.15, 0.2) is 0 Å². The summed E-state index contributed by atoms with van der Waals surface area (Å²) in [6.45, 7) is 6.46. The van der Waals surface area contributed by atoms with Crippen molar-refractivity contribution >= 4 is 5.91 Å². The van der Waals surface area contributed by atoms with E-state index >= 15 is 0 Å². The number of aryl methyl sites for hydroxylation is 2. The second-order valence-electron chi connectivity index (χ2n) is 7.00. The van der Waals surface area contributed by atoms with Crippen molar-refractivity contribution in [3.05, 3.63) is 82.5 Å². The fourth-order valence-electron chi connectivity index (χ4n) is 3.27. The standard InChI is InChI=1S/C22H23N3O2/c1-16-8-9-19(12-17(16)2)22(26)24-10-11-25-20(14-24)13-21(23-25)27-15-18-6-4-3-5-7-18/h3-9,12-13H,10-11,14-15H2,1-2H3. The molecule has 0 saturated heterocycles. The van der Waals surface area contributed by atoms with Crippen LogP contribution in [0.4, 0.5) is 0 Å². The largest absolute Gasteiger partial charge is 0.472 e. The molecule has 0 aliphatic carbocycles. The number of carbonyl (C=O) groups is 1. The Hall–Kier alpha value is -3.08. The first-order valence-electron chi connectivity index (χ1n) is 9.20. The average molecular weight is 361 g/mol. The van der Waals surface area contributed by atoms with E-state index < -0.39 is 0 Å². The Morgan fingerprint density at radius 1 is 1.04 bits per heavy atom. The van der Waals surface area contributed by atoms with Crippen LogP contribution in [0, 0.1) is 13.8 Å². The van der Waals surface area contributed by atoms with Gasteiger partial charge in [0, 0.05) is 18.2 Å². The highest BCUT2D eigenvalue weighted by Crippen LogP contribution is 2.21. The van der Waals surface area contributed by atoms with Gasteiger partial charge in [-0.15, -0.1) is 5.10 Å². The van der Waals surface area contributed by atoms with E-state index in [1.165, 1.54) is 5.56 Å². The van der Waals surface area contributed by atoms with E-state index in [4.69, 9.17) is 4.74 Å². The van der Waals surface area contributed by atoms with Gasteiger partial charge in [-0.1, -0.05) is 36.4 Å². The van der Waals surface area contributed by atoms with Gasteiger partial charge in [0.25, 0.3) is 5.91 Å². The molecule has 0 atom stereocenters. The number of ether oxygens (including phenoxy) is 1. The first-order chi connectivity index (χ1) is 13.1. The number of fused-ring (bicyclic) bond motifs is 1. The molecule has 5 heteroatoms. The summed E-state index contributed by atoms with van der Waals surface area (Å²) in [5.74, 6) is 0.673. The zero-order chi connectivity index (χ0) is 18.8. The zero-order valence-corrected chi connectivity index (χ0v) is 15.7. The smallest absolute Gasteiger partial charge is 0.254 e. The highest BCUT2D eigenvalue weighted by atomic mass is 16.5. The molecule has 2 aromatic carbocycles. The Morgan fingerprint density at radius 3 is 2.63 bits per heavy atom. The predicted molar refractivity (Wildman–Crippen MR) is 104 cm³/mol. The molecule has 1 aromatic heterocycles. The first kappa shape index (κ1) is 17.3. The number of rotatable bonds is 4. The van der Waals surface area contributed by atoms with E-state index in [1.807, 2.05) is 71.1 Å². The Balaban J connectivity index is 1.44. The van der Waals surface area contributed by atoms with Crippen LogP contribution in [-0.2, 0) is 19.7 Å². The molecule has 0 radical (unpaired) electrons. The van der Waals surface area contributed by atoms with Crippen LogP contribution in [0.15, 0.2) is 54.6 Å². The third-order valence-electron chi connectivity index (χ3n) is 5.05. The summed E-state index contributed by atoms with van der Waals surface area (Å²) >= 11 is 0. The van der Waals surface area contributed by atoms with Crippen molar-refractivity contribution in [3.8, 4) is 5.88 Å². The Kier molecular flexibility index (Phi) is 4.67. The quantitative estimate of drug-likeness (QED) is 0.711. The van der Waals surface area contributed by atoms with Crippen LogP contribution >= 0.6 is 0 Å². The second-order valence-corrected chi connectivity index (χ2v) is 7.00. The van der Waals surface area contributed by atoms with Gasteiger partial charge in [-0.3, -0.25) is 9.48 Å². The van der Waals surface area contributed by atoms with Gasteiger partial charge in [-0.2, -0.15) is 0 Å². The molecule has 0 N–H and O–H groups in total. The Bertz CT molecular complexity index is 963. The van der Waals surface area contributed by atoms with Gasteiger partial charge in [-0.25, -0.2) is 0 Å². The topological polar surface area (TPSA) is 47.4 Å². The van der Waals surface area contributed by atoms with E-state index in [0.29, 0.717) is 32.1 Å². The summed E-state index contributed by atoms with van der Waals surface area (Å²) < 4.78 is 7.75. The molecule has 1 aliphatic heterocycles. The summed E-state index contributed by atoms with van der Waals surface area (Å²) in [4.78, 5) is 14.7. The van der Waals surface area contributed by atoms with Gasteiger partial charge in [0.1, 0.15) is 6.61 Å². The second kappa shape index (κ2) is 7.27. The van der Waals surface area contributed by atoms with Crippen LogP contribution in [0.3, 0.4) is 0 Å².